The first-order valence-electron chi connectivity index (χ1n) is 10.3. The van der Waals surface area contributed by atoms with E-state index in [1.165, 1.54) is 11.5 Å². The molecule has 1 aromatic carbocycles. The third kappa shape index (κ3) is 5.44. The minimum Gasteiger partial charge on any atom is -0.489 e. The van der Waals surface area contributed by atoms with Crippen molar-refractivity contribution in [2.75, 3.05) is 13.1 Å². The Bertz CT molecular complexity index is 1080. The van der Waals surface area contributed by atoms with Crippen LogP contribution in [0.3, 0.4) is 0 Å². The van der Waals surface area contributed by atoms with Crippen molar-refractivity contribution in [2.45, 2.75) is 32.4 Å². The number of rotatable bonds is 6. The van der Waals surface area contributed by atoms with Crippen LogP contribution >= 0.6 is 23.1 Å². The number of nitrogens with zero attached hydrogens (tertiary/aromatic N) is 3. The normalized spacial score (nSPS) is 14.2. The summed E-state index contributed by atoms with van der Waals surface area (Å²) >= 11 is 7.26. The van der Waals surface area contributed by atoms with Gasteiger partial charge in [-0.25, -0.2) is 0 Å². The van der Waals surface area contributed by atoms with Gasteiger partial charge in [0, 0.05) is 62.1 Å². The second-order valence-electron chi connectivity index (χ2n) is 7.58. The van der Waals surface area contributed by atoms with Crippen molar-refractivity contribution in [1.82, 2.24) is 19.6 Å². The Hall–Kier alpha value is -2.97. The Morgan fingerprint density at radius 2 is 1.97 bits per heavy atom. The van der Waals surface area contributed by atoms with Gasteiger partial charge in [-0.1, -0.05) is 23.7 Å². The highest BCUT2D eigenvalue weighted by molar-refractivity contribution is 7.03. The van der Waals surface area contributed by atoms with E-state index in [0.717, 1.165) is 29.7 Å². The molecule has 0 bridgehead atoms. The summed E-state index contributed by atoms with van der Waals surface area (Å²) < 4.78 is 10.7. The summed E-state index contributed by atoms with van der Waals surface area (Å²) in [5, 5.41) is 5.41. The van der Waals surface area contributed by atoms with Crippen LogP contribution in [0.4, 0.5) is 0 Å². The van der Waals surface area contributed by atoms with E-state index in [1.807, 2.05) is 28.5 Å². The molecule has 4 rings (SSSR count). The molecule has 32 heavy (non-hydrogen) atoms. The topological polar surface area (TPSA) is 84.4 Å². The van der Waals surface area contributed by atoms with E-state index < -0.39 is 0 Å². The van der Waals surface area contributed by atoms with Gasteiger partial charge in [-0.2, -0.15) is 4.37 Å². The number of likely N-dealkylation sites (tertiary alicyclic amines) is 1. The number of hydrogen-bond acceptors (Lipinski definition) is 6. The Labute approximate surface area is 195 Å². The van der Waals surface area contributed by atoms with Gasteiger partial charge >= 0.3 is 0 Å². The number of carbonyl (C=O) groups excluding carboxylic acids is 2. The van der Waals surface area contributed by atoms with Gasteiger partial charge in [0.2, 0.25) is 5.91 Å². The first kappa shape index (κ1) is 22.2. The molecule has 0 aliphatic carbocycles. The number of aromatic nitrogens is 2. The number of hydrogen-bond donors (Lipinski definition) is 1. The fourth-order valence-electron chi connectivity index (χ4n) is 3.55. The van der Waals surface area contributed by atoms with Crippen LogP contribution in [0, 0.1) is 0 Å². The number of benzene rings is 1. The maximum Gasteiger partial charge on any atom is 0.270 e. The van der Waals surface area contributed by atoms with Crippen LogP contribution in [0.25, 0.3) is 11.3 Å². The zero-order valence-electron chi connectivity index (χ0n) is 17.6. The number of nitrogens with one attached hydrogen (secondary N) is 1. The van der Waals surface area contributed by atoms with Crippen LogP contribution in [-0.2, 0) is 11.3 Å². The average molecular weight is 471 g/mol. The van der Waals surface area contributed by atoms with Crippen molar-refractivity contribution in [3.63, 3.8) is 0 Å². The number of pyridine rings is 1. The number of amides is 2. The second kappa shape index (κ2) is 10.1. The first-order valence-corrected chi connectivity index (χ1v) is 11.6. The summed E-state index contributed by atoms with van der Waals surface area (Å²) in [5.74, 6) is 0.361. The van der Waals surface area contributed by atoms with Gasteiger partial charge in [0.1, 0.15) is 17.5 Å². The lowest BCUT2D eigenvalue weighted by atomic mass is 10.1. The molecule has 1 aliphatic heterocycles. The molecule has 2 aromatic heterocycles. The quantitative estimate of drug-likeness (QED) is 0.584. The van der Waals surface area contributed by atoms with Crippen LogP contribution in [0.2, 0.25) is 5.02 Å². The van der Waals surface area contributed by atoms with Crippen LogP contribution in [-0.4, -0.2) is 45.3 Å². The molecule has 1 saturated heterocycles. The third-order valence-electron chi connectivity index (χ3n) is 5.36. The first-order chi connectivity index (χ1) is 15.5. The van der Waals surface area contributed by atoms with Crippen LogP contribution in [0.1, 0.15) is 35.8 Å². The van der Waals surface area contributed by atoms with E-state index in [2.05, 4.69) is 14.7 Å². The standard InChI is InChI=1S/C23H23ClN4O3S/c1-15(29)28-9-6-18(7-10-28)31-22-12-21(25-14-19(22)20-8-11-32-27-20)23(30)26-13-16-2-4-17(24)5-3-16/h2-5,8,11-12,14,18H,6-7,9-10,13H2,1H3,(H,26,30). The lowest BCUT2D eigenvalue weighted by Gasteiger charge is -2.31. The molecule has 1 N–H and O–H groups in total. The van der Waals surface area contributed by atoms with Gasteiger partial charge in [0.15, 0.2) is 0 Å². The van der Waals surface area contributed by atoms with Gasteiger partial charge in [0.25, 0.3) is 5.91 Å². The highest BCUT2D eigenvalue weighted by atomic mass is 35.5. The maximum absolute atomic E-state index is 12.7. The van der Waals surface area contributed by atoms with Crippen molar-refractivity contribution in [2.24, 2.45) is 0 Å². The molecule has 0 atom stereocenters. The molecular formula is C23H23ClN4O3S. The molecule has 2 amide bonds. The molecule has 0 unspecified atom stereocenters. The zero-order valence-corrected chi connectivity index (χ0v) is 19.2. The van der Waals surface area contributed by atoms with Crippen LogP contribution in [0.5, 0.6) is 5.75 Å². The molecule has 0 radical (unpaired) electrons. The summed E-state index contributed by atoms with van der Waals surface area (Å²) in [6.07, 6.45) is 3.05. The van der Waals surface area contributed by atoms with Gasteiger partial charge < -0.3 is 15.0 Å². The molecule has 0 saturated carbocycles. The van der Waals surface area contributed by atoms with Gasteiger partial charge in [-0.3, -0.25) is 14.6 Å². The smallest absolute Gasteiger partial charge is 0.270 e. The predicted octanol–water partition coefficient (Wildman–Crippen LogP) is 4.18. The summed E-state index contributed by atoms with van der Waals surface area (Å²) in [6.45, 7) is 3.27. The fourth-order valence-corrected chi connectivity index (χ4v) is 4.20. The minimum atomic E-state index is -0.291. The van der Waals surface area contributed by atoms with E-state index in [1.54, 1.807) is 31.3 Å². The second-order valence-corrected chi connectivity index (χ2v) is 8.68. The zero-order chi connectivity index (χ0) is 22.5. The van der Waals surface area contributed by atoms with Crippen molar-refractivity contribution in [3.05, 3.63) is 64.3 Å². The lowest BCUT2D eigenvalue weighted by molar-refractivity contribution is -0.130. The Morgan fingerprint density at radius 1 is 1.22 bits per heavy atom. The molecule has 3 heterocycles. The summed E-state index contributed by atoms with van der Waals surface area (Å²) in [6, 6.07) is 10.9. The number of ether oxygens (including phenoxy) is 1. The largest absolute Gasteiger partial charge is 0.489 e. The van der Waals surface area contributed by atoms with E-state index in [-0.39, 0.29) is 23.6 Å². The Morgan fingerprint density at radius 3 is 2.62 bits per heavy atom. The predicted molar refractivity (Wildman–Crippen MR) is 124 cm³/mol. The molecule has 3 aromatic rings. The summed E-state index contributed by atoms with van der Waals surface area (Å²) in [7, 11) is 0. The molecule has 1 fully saturated rings. The maximum atomic E-state index is 12.7. The van der Waals surface area contributed by atoms with Crippen molar-refractivity contribution in [3.8, 4) is 17.0 Å². The summed E-state index contributed by atoms with van der Waals surface area (Å²) in [5.41, 5.74) is 2.71. The minimum absolute atomic E-state index is 0.0460. The van der Waals surface area contributed by atoms with Crippen molar-refractivity contribution < 1.29 is 14.3 Å². The third-order valence-corrected chi connectivity index (χ3v) is 6.17. The van der Waals surface area contributed by atoms with Gasteiger partial charge in [0.05, 0.1) is 11.3 Å². The Balaban J connectivity index is 1.50. The van der Waals surface area contributed by atoms with Gasteiger partial charge in [-0.15, -0.1) is 0 Å². The fraction of sp³-hybridized carbons (Fsp3) is 0.304. The molecular weight excluding hydrogens is 448 g/mol. The van der Waals surface area contributed by atoms with E-state index in [0.29, 0.717) is 30.4 Å². The summed E-state index contributed by atoms with van der Waals surface area (Å²) in [4.78, 5) is 30.5. The van der Waals surface area contributed by atoms with Crippen LogP contribution in [0.15, 0.2) is 48.0 Å². The molecule has 9 heteroatoms. The molecule has 166 valence electrons. The lowest BCUT2D eigenvalue weighted by Crippen LogP contribution is -2.40. The number of carbonyl (C=O) groups is 2. The number of halogens is 1. The van der Waals surface area contributed by atoms with Gasteiger partial charge in [-0.05, 0) is 35.3 Å². The molecule has 7 nitrogen and oxygen atoms in total. The number of piperidine rings is 1. The molecule has 1 aliphatic rings. The van der Waals surface area contributed by atoms with E-state index in [9.17, 15) is 9.59 Å². The highest BCUT2D eigenvalue weighted by Gasteiger charge is 2.24. The monoisotopic (exact) mass is 470 g/mol. The molecule has 0 spiro atoms. The van der Waals surface area contributed by atoms with Crippen molar-refractivity contribution in [1.29, 1.82) is 0 Å². The average Bonchev–Trinajstić information content (AvgIpc) is 3.33. The van der Waals surface area contributed by atoms with Crippen LogP contribution < -0.4 is 10.1 Å². The Kier molecular flexibility index (Phi) is 7.02. The SMILES string of the molecule is CC(=O)N1CCC(Oc2cc(C(=O)NCc3ccc(Cl)cc3)ncc2-c2ccsn2)CC1. The highest BCUT2D eigenvalue weighted by Crippen LogP contribution is 2.32. The van der Waals surface area contributed by atoms with E-state index >= 15 is 0 Å². The van der Waals surface area contributed by atoms with Crippen molar-refractivity contribution >= 4 is 34.9 Å². The van der Waals surface area contributed by atoms with E-state index in [4.69, 9.17) is 16.3 Å².